The monoisotopic (exact) mass is 1070 g/mol. The Hall–Kier alpha value is -5.10. The van der Waals surface area contributed by atoms with Crippen molar-refractivity contribution in [3.8, 4) is 0 Å². The van der Waals surface area contributed by atoms with Gasteiger partial charge in [-0.25, -0.2) is 0 Å². The van der Waals surface area contributed by atoms with Crippen molar-refractivity contribution < 1.29 is 43.0 Å². The molecule has 1 aliphatic rings. The van der Waals surface area contributed by atoms with Crippen molar-refractivity contribution in [2.24, 2.45) is 39.9 Å². The van der Waals surface area contributed by atoms with Crippen molar-refractivity contribution in [2.45, 2.75) is 258 Å². The smallest absolute Gasteiger partial charge is 0.309 e. The van der Waals surface area contributed by atoms with E-state index in [-0.39, 0.29) is 62.9 Å². The van der Waals surface area contributed by atoms with Crippen LogP contribution in [0.15, 0.2) is 17.4 Å². The quantitative estimate of drug-likeness (QED) is 0.0128. The topological polar surface area (TPSA) is 301 Å². The van der Waals surface area contributed by atoms with Gasteiger partial charge in [-0.05, 0) is 63.7 Å². The zero-order valence-corrected chi connectivity index (χ0v) is 48.0. The molecule has 1 heterocycles. The molecule has 7 atom stereocenters. The summed E-state index contributed by atoms with van der Waals surface area (Å²) < 4.78 is 11.9. The first-order chi connectivity index (χ1) is 36.5. The Balaban J connectivity index is 3.82. The molecule has 438 valence electrons. The lowest BCUT2D eigenvalue weighted by Gasteiger charge is -2.27. The second-order valence-electron chi connectivity index (χ2n) is 21.4. The van der Waals surface area contributed by atoms with E-state index in [1.54, 1.807) is 0 Å². The molecule has 1 saturated heterocycles. The predicted octanol–water partition coefficient (Wildman–Crippen LogP) is 7.08. The summed E-state index contributed by atoms with van der Waals surface area (Å²) in [4.78, 5) is 104. The number of hydrogen-bond acceptors (Lipinski definition) is 12. The van der Waals surface area contributed by atoms with Gasteiger partial charge in [0.2, 0.25) is 29.5 Å². The molecule has 0 aliphatic carbocycles. The fourth-order valence-corrected chi connectivity index (χ4v) is 9.33. The average Bonchev–Trinajstić information content (AvgIpc) is 3.37. The third-order valence-electron chi connectivity index (χ3n) is 13.9. The SMILES string of the molecule is C=C(N)NCCC[C@@H]1NC(=O)[C@H](COC(=O)C(CCCCCC)CCCCCCCC)NC(=O)[C@H](CC(C)C)NC(=O)[C@H](CCCN=C(N)N)NC(=O)[C@H](COC(=O)C(CCCCCC)CCCCCCCC)NC1=O. The summed E-state index contributed by atoms with van der Waals surface area (Å²) >= 11 is 0. The minimum atomic E-state index is -1.52. The number of carbonyl (C=O) groups is 7. The van der Waals surface area contributed by atoms with Crippen molar-refractivity contribution in [1.29, 1.82) is 0 Å². The highest BCUT2D eigenvalue weighted by atomic mass is 16.5. The van der Waals surface area contributed by atoms with Crippen molar-refractivity contribution in [2.75, 3.05) is 26.3 Å². The highest BCUT2D eigenvalue weighted by Crippen LogP contribution is 2.23. The minimum Gasteiger partial charge on any atom is -0.463 e. The number of esters is 2. The molecule has 1 aliphatic heterocycles. The Morgan fingerprint density at radius 3 is 1.21 bits per heavy atom. The first kappa shape index (κ1) is 68.9. The van der Waals surface area contributed by atoms with Crippen LogP contribution in [-0.2, 0) is 43.0 Å². The molecule has 0 aromatic rings. The standard InChI is InChI=1S/C57H106N10O9/c1-8-12-16-20-22-26-32-43(30-24-18-14-10-3)55(73)75-39-48-53(71)63-45(35-29-37-62-57(59)60)50(68)65-47(38-41(5)6)52(70)67-49(54(72)64-46(51(69)66-48)34-28-36-61-42(7)58)40-76-56(74)44(31-25-19-15-11-4)33-27-23-21-17-13-9-2/h41,43-49,61H,7-40,58H2,1-6H3,(H,63,71)(H,64,72)(H,65,68)(H,66,69)(H,67,70)(H4,59,60,62)/t43?,44?,45-,46-,47-,48-,49-/m0/s1. The number of ether oxygens (including phenoxy) is 2. The van der Waals surface area contributed by atoms with E-state index >= 15 is 0 Å². The zero-order valence-electron chi connectivity index (χ0n) is 48.0. The molecular formula is C57H106N10O9. The van der Waals surface area contributed by atoms with E-state index in [2.05, 4.69) is 71.2 Å². The first-order valence-electron chi connectivity index (χ1n) is 29.6. The molecule has 12 N–H and O–H groups in total. The van der Waals surface area contributed by atoms with E-state index in [0.717, 1.165) is 128 Å². The molecule has 0 saturated carbocycles. The summed E-state index contributed by atoms with van der Waals surface area (Å²) in [5, 5.41) is 16.7. The van der Waals surface area contributed by atoms with E-state index in [9.17, 15) is 33.6 Å². The molecule has 0 aromatic carbocycles. The van der Waals surface area contributed by atoms with E-state index < -0.39 is 96.7 Å². The van der Waals surface area contributed by atoms with Gasteiger partial charge in [-0.1, -0.05) is 177 Å². The number of carbonyl (C=O) groups excluding carboxylic acids is 7. The van der Waals surface area contributed by atoms with Crippen LogP contribution in [0.4, 0.5) is 0 Å². The van der Waals surface area contributed by atoms with E-state index in [4.69, 9.17) is 26.7 Å². The Bertz CT molecular complexity index is 1710. The molecule has 0 bridgehead atoms. The lowest BCUT2D eigenvalue weighted by atomic mass is 9.94. The Labute approximate surface area is 457 Å². The molecule has 1 fully saturated rings. The van der Waals surface area contributed by atoms with Gasteiger partial charge in [0, 0.05) is 13.1 Å². The lowest BCUT2D eigenvalue weighted by Crippen LogP contribution is -2.59. The summed E-state index contributed by atoms with van der Waals surface area (Å²) in [6, 6.07) is -6.80. The second-order valence-corrected chi connectivity index (χ2v) is 21.4. The van der Waals surface area contributed by atoms with Gasteiger partial charge >= 0.3 is 11.9 Å². The summed E-state index contributed by atoms with van der Waals surface area (Å²) in [7, 11) is 0. The van der Waals surface area contributed by atoms with Crippen LogP contribution in [0.25, 0.3) is 0 Å². The fraction of sp³-hybridized carbons (Fsp3) is 0.825. The average molecular weight is 1080 g/mol. The number of nitrogens with two attached hydrogens (primary N) is 3. The van der Waals surface area contributed by atoms with Crippen LogP contribution in [0.1, 0.15) is 228 Å². The predicted molar refractivity (Wildman–Crippen MR) is 302 cm³/mol. The summed E-state index contributed by atoms with van der Waals surface area (Å²) in [6.07, 6.45) is 23.6. The van der Waals surface area contributed by atoms with Crippen molar-refractivity contribution in [3.05, 3.63) is 12.4 Å². The molecule has 19 nitrogen and oxygen atoms in total. The lowest BCUT2D eigenvalue weighted by molar-refractivity contribution is -0.152. The van der Waals surface area contributed by atoms with Gasteiger partial charge in [0.15, 0.2) is 5.96 Å². The van der Waals surface area contributed by atoms with Gasteiger partial charge in [0.25, 0.3) is 0 Å². The highest BCUT2D eigenvalue weighted by molar-refractivity contribution is 5.98. The molecular weight excluding hydrogens is 969 g/mol. The summed E-state index contributed by atoms with van der Waals surface area (Å²) in [6.45, 7) is 15.3. The number of nitrogens with one attached hydrogen (secondary N) is 6. The largest absolute Gasteiger partial charge is 0.463 e. The van der Waals surface area contributed by atoms with Crippen LogP contribution in [0.3, 0.4) is 0 Å². The maximum absolute atomic E-state index is 14.6. The number of aliphatic imine (C=N–C) groups is 1. The van der Waals surface area contributed by atoms with Crippen LogP contribution in [-0.4, -0.2) is 104 Å². The van der Waals surface area contributed by atoms with Crippen LogP contribution < -0.4 is 49.1 Å². The van der Waals surface area contributed by atoms with Gasteiger partial charge < -0.3 is 58.6 Å². The number of amides is 5. The molecule has 2 unspecified atom stereocenters. The van der Waals surface area contributed by atoms with E-state index in [1.807, 2.05) is 13.8 Å². The maximum atomic E-state index is 14.6. The number of rotatable bonds is 41. The normalized spacial score (nSPS) is 19.4. The van der Waals surface area contributed by atoms with Crippen LogP contribution in [0.5, 0.6) is 0 Å². The molecule has 0 spiro atoms. The molecule has 19 heteroatoms. The number of hydrogen-bond donors (Lipinski definition) is 9. The summed E-state index contributed by atoms with van der Waals surface area (Å²) in [5.74, 6) is -5.79. The molecule has 76 heavy (non-hydrogen) atoms. The third kappa shape index (κ3) is 32.5. The number of nitrogens with zero attached hydrogens (tertiary/aromatic N) is 1. The van der Waals surface area contributed by atoms with Gasteiger partial charge in [0.1, 0.15) is 43.4 Å². The Kier molecular flexibility index (Phi) is 38.9. The number of guanidine groups is 1. The van der Waals surface area contributed by atoms with Gasteiger partial charge in [-0.3, -0.25) is 38.6 Å². The van der Waals surface area contributed by atoms with Crippen molar-refractivity contribution in [1.82, 2.24) is 31.9 Å². The Morgan fingerprint density at radius 1 is 0.500 bits per heavy atom. The molecule has 0 aromatic heterocycles. The van der Waals surface area contributed by atoms with Crippen LogP contribution in [0.2, 0.25) is 0 Å². The fourth-order valence-electron chi connectivity index (χ4n) is 9.33. The maximum Gasteiger partial charge on any atom is 0.309 e. The zero-order chi connectivity index (χ0) is 56.5. The van der Waals surface area contributed by atoms with Crippen molar-refractivity contribution >= 4 is 47.4 Å². The third-order valence-corrected chi connectivity index (χ3v) is 13.9. The van der Waals surface area contributed by atoms with E-state index in [0.29, 0.717) is 25.7 Å². The van der Waals surface area contributed by atoms with Gasteiger partial charge in [0.05, 0.1) is 17.7 Å². The molecule has 0 radical (unpaired) electrons. The second kappa shape index (κ2) is 42.9. The van der Waals surface area contributed by atoms with Crippen molar-refractivity contribution in [3.63, 3.8) is 0 Å². The first-order valence-corrected chi connectivity index (χ1v) is 29.6. The molecule has 5 amide bonds. The number of unbranched alkanes of at least 4 members (excludes halogenated alkanes) is 16. The molecule has 1 rings (SSSR count). The van der Waals surface area contributed by atoms with Gasteiger partial charge in [-0.15, -0.1) is 0 Å². The Morgan fingerprint density at radius 2 is 0.829 bits per heavy atom. The minimum absolute atomic E-state index is 0.0158. The summed E-state index contributed by atoms with van der Waals surface area (Å²) in [5.41, 5.74) is 16.9. The van der Waals surface area contributed by atoms with Crippen LogP contribution in [0, 0.1) is 17.8 Å². The van der Waals surface area contributed by atoms with Crippen LogP contribution >= 0.6 is 0 Å². The van der Waals surface area contributed by atoms with E-state index in [1.165, 1.54) is 0 Å². The van der Waals surface area contributed by atoms with Gasteiger partial charge in [-0.2, -0.15) is 0 Å². The highest BCUT2D eigenvalue weighted by Gasteiger charge is 2.36.